The van der Waals surface area contributed by atoms with E-state index in [0.29, 0.717) is 29.5 Å². The van der Waals surface area contributed by atoms with Gasteiger partial charge in [0.05, 0.1) is 11.5 Å². The van der Waals surface area contributed by atoms with Crippen LogP contribution in [0.4, 0.5) is 11.4 Å². The van der Waals surface area contributed by atoms with E-state index in [1.807, 2.05) is 39.0 Å². The third kappa shape index (κ3) is 6.73. The Kier molecular flexibility index (Phi) is 7.60. The SMILES string of the molecule is CCOc1ccc(NS(=O)(=O)c2ccc(NC(=O)C(C)Oc3cc(C)cc(C)c3)cc2)cc1. The number of amides is 1. The van der Waals surface area contributed by atoms with Crippen LogP contribution in [-0.2, 0) is 14.8 Å². The van der Waals surface area contributed by atoms with Gasteiger partial charge in [0.2, 0.25) is 0 Å². The molecule has 174 valence electrons. The topological polar surface area (TPSA) is 93.7 Å². The van der Waals surface area contributed by atoms with Gasteiger partial charge in [-0.15, -0.1) is 0 Å². The van der Waals surface area contributed by atoms with Crippen molar-refractivity contribution in [1.82, 2.24) is 0 Å². The van der Waals surface area contributed by atoms with Gasteiger partial charge < -0.3 is 14.8 Å². The van der Waals surface area contributed by atoms with E-state index in [1.54, 1.807) is 31.2 Å². The first kappa shape index (κ1) is 24.1. The monoisotopic (exact) mass is 468 g/mol. The number of rotatable bonds is 9. The molecule has 1 atom stereocenters. The van der Waals surface area contributed by atoms with Crippen molar-refractivity contribution in [1.29, 1.82) is 0 Å². The second-order valence-electron chi connectivity index (χ2n) is 7.66. The number of benzene rings is 3. The van der Waals surface area contributed by atoms with Crippen LogP contribution in [0.2, 0.25) is 0 Å². The van der Waals surface area contributed by atoms with Crippen LogP contribution in [0, 0.1) is 13.8 Å². The Balaban J connectivity index is 1.62. The molecule has 7 nitrogen and oxygen atoms in total. The number of carbonyl (C=O) groups excluding carboxylic acids is 1. The van der Waals surface area contributed by atoms with E-state index in [4.69, 9.17) is 9.47 Å². The van der Waals surface area contributed by atoms with Crippen molar-refractivity contribution in [2.45, 2.75) is 38.7 Å². The maximum Gasteiger partial charge on any atom is 0.265 e. The lowest BCUT2D eigenvalue weighted by Gasteiger charge is -2.16. The van der Waals surface area contributed by atoms with E-state index >= 15 is 0 Å². The number of anilines is 2. The second-order valence-corrected chi connectivity index (χ2v) is 9.34. The highest BCUT2D eigenvalue weighted by molar-refractivity contribution is 7.92. The first-order valence-electron chi connectivity index (χ1n) is 10.6. The van der Waals surface area contributed by atoms with Crippen molar-refractivity contribution in [2.75, 3.05) is 16.6 Å². The second kappa shape index (κ2) is 10.4. The summed E-state index contributed by atoms with van der Waals surface area (Å²) in [5.74, 6) is 0.950. The zero-order chi connectivity index (χ0) is 24.0. The van der Waals surface area contributed by atoms with E-state index in [0.717, 1.165) is 11.1 Å². The molecular weight excluding hydrogens is 440 g/mol. The number of ether oxygens (including phenoxy) is 2. The minimum atomic E-state index is -3.78. The maximum absolute atomic E-state index is 12.7. The Morgan fingerprint density at radius 1 is 0.879 bits per heavy atom. The molecule has 2 N–H and O–H groups in total. The summed E-state index contributed by atoms with van der Waals surface area (Å²) in [6.45, 7) is 7.99. The number of carbonyl (C=O) groups is 1. The Morgan fingerprint density at radius 2 is 1.45 bits per heavy atom. The van der Waals surface area contributed by atoms with Crippen LogP contribution in [0.5, 0.6) is 11.5 Å². The van der Waals surface area contributed by atoms with Crippen molar-refractivity contribution in [2.24, 2.45) is 0 Å². The Morgan fingerprint density at radius 3 is 2.03 bits per heavy atom. The summed E-state index contributed by atoms with van der Waals surface area (Å²) >= 11 is 0. The summed E-state index contributed by atoms with van der Waals surface area (Å²) < 4.78 is 39.0. The smallest absolute Gasteiger partial charge is 0.265 e. The van der Waals surface area contributed by atoms with Crippen LogP contribution in [-0.4, -0.2) is 27.0 Å². The fraction of sp³-hybridized carbons (Fsp3) is 0.240. The molecule has 1 amide bonds. The molecule has 0 saturated carbocycles. The summed E-state index contributed by atoms with van der Waals surface area (Å²) in [5.41, 5.74) is 2.99. The minimum absolute atomic E-state index is 0.0777. The molecular formula is C25H28N2O5S. The predicted octanol–water partition coefficient (Wildman–Crippen LogP) is 4.91. The molecule has 3 rings (SSSR count). The fourth-order valence-electron chi connectivity index (χ4n) is 3.22. The van der Waals surface area contributed by atoms with E-state index < -0.39 is 16.1 Å². The molecule has 0 heterocycles. The average Bonchev–Trinajstić information content (AvgIpc) is 2.75. The van der Waals surface area contributed by atoms with E-state index in [-0.39, 0.29) is 10.8 Å². The summed E-state index contributed by atoms with van der Waals surface area (Å²) in [7, 11) is -3.78. The molecule has 3 aromatic rings. The van der Waals surface area contributed by atoms with E-state index in [1.165, 1.54) is 24.3 Å². The van der Waals surface area contributed by atoms with Crippen LogP contribution >= 0.6 is 0 Å². The zero-order valence-corrected chi connectivity index (χ0v) is 19.9. The Labute approximate surface area is 194 Å². The van der Waals surface area contributed by atoms with Gasteiger partial charge in [-0.1, -0.05) is 6.07 Å². The molecule has 0 aliphatic heterocycles. The van der Waals surface area contributed by atoms with E-state index in [2.05, 4.69) is 10.0 Å². The summed E-state index contributed by atoms with van der Waals surface area (Å²) in [4.78, 5) is 12.6. The van der Waals surface area contributed by atoms with Gasteiger partial charge in [0.15, 0.2) is 6.10 Å². The van der Waals surface area contributed by atoms with Crippen LogP contribution in [0.1, 0.15) is 25.0 Å². The highest BCUT2D eigenvalue weighted by atomic mass is 32.2. The van der Waals surface area contributed by atoms with Gasteiger partial charge >= 0.3 is 0 Å². The zero-order valence-electron chi connectivity index (χ0n) is 19.1. The number of hydrogen-bond acceptors (Lipinski definition) is 5. The lowest BCUT2D eigenvalue weighted by Crippen LogP contribution is -2.30. The van der Waals surface area contributed by atoms with Gasteiger partial charge in [-0.05, 0) is 99.5 Å². The molecule has 0 saturated heterocycles. The molecule has 1 unspecified atom stereocenters. The number of aryl methyl sites for hydroxylation is 2. The van der Waals surface area contributed by atoms with Crippen LogP contribution in [0.3, 0.4) is 0 Å². The van der Waals surface area contributed by atoms with Gasteiger partial charge in [0.1, 0.15) is 11.5 Å². The average molecular weight is 469 g/mol. The normalized spacial score (nSPS) is 12.0. The van der Waals surface area contributed by atoms with Crippen LogP contribution < -0.4 is 19.5 Å². The lowest BCUT2D eigenvalue weighted by atomic mass is 10.1. The van der Waals surface area contributed by atoms with Gasteiger partial charge in [0, 0.05) is 11.4 Å². The van der Waals surface area contributed by atoms with Crippen molar-refractivity contribution in [3.63, 3.8) is 0 Å². The van der Waals surface area contributed by atoms with Crippen molar-refractivity contribution in [3.8, 4) is 11.5 Å². The third-order valence-corrected chi connectivity index (χ3v) is 6.12. The quantitative estimate of drug-likeness (QED) is 0.465. The van der Waals surface area contributed by atoms with E-state index in [9.17, 15) is 13.2 Å². The fourth-order valence-corrected chi connectivity index (χ4v) is 4.28. The number of sulfonamides is 1. The molecule has 0 bridgehead atoms. The van der Waals surface area contributed by atoms with Gasteiger partial charge in [0.25, 0.3) is 15.9 Å². The standard InChI is InChI=1S/C25H28N2O5S/c1-5-31-22-10-6-21(7-11-22)27-33(29,30)24-12-8-20(9-13-24)26-25(28)19(4)32-23-15-17(2)14-18(3)16-23/h6-16,19,27H,5H2,1-4H3,(H,26,28). The molecule has 0 fully saturated rings. The summed E-state index contributed by atoms with van der Waals surface area (Å²) in [6.07, 6.45) is -0.726. The highest BCUT2D eigenvalue weighted by Crippen LogP contribution is 2.22. The highest BCUT2D eigenvalue weighted by Gasteiger charge is 2.17. The Hall–Kier alpha value is -3.52. The molecule has 33 heavy (non-hydrogen) atoms. The molecule has 0 aliphatic rings. The molecule has 0 spiro atoms. The summed E-state index contributed by atoms with van der Waals surface area (Å²) in [5, 5.41) is 2.74. The largest absolute Gasteiger partial charge is 0.494 e. The maximum atomic E-state index is 12.7. The first-order valence-corrected chi connectivity index (χ1v) is 12.1. The predicted molar refractivity (Wildman–Crippen MR) is 129 cm³/mol. The Bertz CT molecular complexity index is 1190. The van der Waals surface area contributed by atoms with Gasteiger partial charge in [-0.3, -0.25) is 9.52 Å². The van der Waals surface area contributed by atoms with Crippen LogP contribution in [0.15, 0.2) is 71.6 Å². The molecule has 0 aromatic heterocycles. The van der Waals surface area contributed by atoms with Gasteiger partial charge in [-0.25, -0.2) is 8.42 Å². The molecule has 3 aromatic carbocycles. The summed E-state index contributed by atoms with van der Waals surface area (Å²) in [6, 6.07) is 18.4. The third-order valence-electron chi connectivity index (χ3n) is 4.73. The minimum Gasteiger partial charge on any atom is -0.494 e. The lowest BCUT2D eigenvalue weighted by molar-refractivity contribution is -0.122. The molecule has 0 aliphatic carbocycles. The van der Waals surface area contributed by atoms with Crippen molar-refractivity contribution in [3.05, 3.63) is 77.9 Å². The van der Waals surface area contributed by atoms with Crippen LogP contribution in [0.25, 0.3) is 0 Å². The van der Waals surface area contributed by atoms with Crippen molar-refractivity contribution >= 4 is 27.3 Å². The number of hydrogen-bond donors (Lipinski definition) is 2. The van der Waals surface area contributed by atoms with Crippen molar-refractivity contribution < 1.29 is 22.7 Å². The molecule has 8 heteroatoms. The first-order chi connectivity index (χ1) is 15.7. The number of nitrogens with one attached hydrogen (secondary N) is 2. The van der Waals surface area contributed by atoms with Gasteiger partial charge in [-0.2, -0.15) is 0 Å². The molecule has 0 radical (unpaired) electrons.